The second-order valence-corrected chi connectivity index (χ2v) is 6.53. The molecule has 0 atom stereocenters. The molecule has 122 valence electrons. The van der Waals surface area contributed by atoms with Crippen molar-refractivity contribution in [1.29, 1.82) is 0 Å². The summed E-state index contributed by atoms with van der Waals surface area (Å²) in [7, 11) is 0. The summed E-state index contributed by atoms with van der Waals surface area (Å²) in [4.78, 5) is 28.9. The van der Waals surface area contributed by atoms with E-state index in [4.69, 9.17) is 4.74 Å². The second kappa shape index (κ2) is 5.98. The van der Waals surface area contributed by atoms with Crippen molar-refractivity contribution < 1.29 is 9.53 Å². The van der Waals surface area contributed by atoms with Crippen LogP contribution < -0.4 is 4.90 Å². The molecule has 3 heterocycles. The molecule has 1 fully saturated rings. The van der Waals surface area contributed by atoms with Gasteiger partial charge in [0, 0.05) is 32.4 Å². The van der Waals surface area contributed by atoms with E-state index in [9.17, 15) is 4.79 Å². The van der Waals surface area contributed by atoms with E-state index < -0.39 is 5.60 Å². The molecular formula is C16H21N5O2. The highest BCUT2D eigenvalue weighted by atomic mass is 16.6. The van der Waals surface area contributed by atoms with Crippen molar-refractivity contribution >= 4 is 22.9 Å². The highest BCUT2D eigenvalue weighted by molar-refractivity contribution is 5.86. The van der Waals surface area contributed by atoms with Gasteiger partial charge in [-0.15, -0.1) is 0 Å². The van der Waals surface area contributed by atoms with Gasteiger partial charge in [-0.2, -0.15) is 0 Å². The Kier molecular flexibility index (Phi) is 4.02. The summed E-state index contributed by atoms with van der Waals surface area (Å²) in [5.41, 5.74) is 0.218. The van der Waals surface area contributed by atoms with Crippen LogP contribution >= 0.6 is 0 Å². The van der Waals surface area contributed by atoms with Gasteiger partial charge in [0.1, 0.15) is 17.7 Å². The van der Waals surface area contributed by atoms with Crippen LogP contribution in [0.1, 0.15) is 20.8 Å². The first-order chi connectivity index (χ1) is 10.9. The van der Waals surface area contributed by atoms with Crippen molar-refractivity contribution in [3.63, 3.8) is 0 Å². The number of aromatic nitrogens is 3. The van der Waals surface area contributed by atoms with Crippen molar-refractivity contribution in [3.8, 4) is 0 Å². The molecule has 0 aliphatic carbocycles. The minimum absolute atomic E-state index is 0.258. The van der Waals surface area contributed by atoms with Gasteiger partial charge in [0.05, 0.1) is 5.39 Å². The van der Waals surface area contributed by atoms with E-state index in [1.54, 1.807) is 11.1 Å². The average molecular weight is 315 g/mol. The molecule has 1 saturated heterocycles. The Morgan fingerprint density at radius 2 is 1.87 bits per heavy atom. The van der Waals surface area contributed by atoms with E-state index in [-0.39, 0.29) is 6.09 Å². The van der Waals surface area contributed by atoms with Gasteiger partial charge >= 0.3 is 6.09 Å². The van der Waals surface area contributed by atoms with Crippen LogP contribution in [-0.2, 0) is 4.74 Å². The topological polar surface area (TPSA) is 71.5 Å². The van der Waals surface area contributed by atoms with Crippen molar-refractivity contribution in [2.75, 3.05) is 31.1 Å². The summed E-state index contributed by atoms with van der Waals surface area (Å²) < 4.78 is 5.42. The van der Waals surface area contributed by atoms with Crippen LogP contribution in [0.15, 0.2) is 24.7 Å². The number of amides is 1. The molecule has 0 aromatic carbocycles. The lowest BCUT2D eigenvalue weighted by atomic mass is 10.2. The third-order valence-electron chi connectivity index (χ3n) is 3.62. The molecule has 1 aliphatic rings. The Bertz CT molecular complexity index is 700. The SMILES string of the molecule is CC(C)(C)OC(=O)N1CCN(c2ncnc3ncccc23)CC1. The highest BCUT2D eigenvalue weighted by Crippen LogP contribution is 2.22. The molecule has 7 nitrogen and oxygen atoms in total. The molecule has 1 amide bonds. The predicted octanol–water partition coefficient (Wildman–Crippen LogP) is 2.08. The molecular weight excluding hydrogens is 294 g/mol. The van der Waals surface area contributed by atoms with Gasteiger partial charge in [0.2, 0.25) is 0 Å². The molecule has 2 aromatic heterocycles. The first-order valence-corrected chi connectivity index (χ1v) is 7.73. The fourth-order valence-electron chi connectivity index (χ4n) is 2.56. The molecule has 0 unspecified atom stereocenters. The van der Waals surface area contributed by atoms with E-state index in [1.807, 2.05) is 32.9 Å². The fourth-order valence-corrected chi connectivity index (χ4v) is 2.56. The second-order valence-electron chi connectivity index (χ2n) is 6.53. The number of hydrogen-bond acceptors (Lipinski definition) is 6. The molecule has 1 aliphatic heterocycles. The number of nitrogens with zero attached hydrogens (tertiary/aromatic N) is 5. The zero-order chi connectivity index (χ0) is 16.4. The molecule has 0 bridgehead atoms. The van der Waals surface area contributed by atoms with Gasteiger partial charge < -0.3 is 14.5 Å². The van der Waals surface area contributed by atoms with Crippen molar-refractivity contribution in [2.45, 2.75) is 26.4 Å². The van der Waals surface area contributed by atoms with Gasteiger partial charge in [0.15, 0.2) is 5.65 Å². The van der Waals surface area contributed by atoms with Crippen LogP contribution in [0.2, 0.25) is 0 Å². The smallest absolute Gasteiger partial charge is 0.410 e. The van der Waals surface area contributed by atoms with Gasteiger partial charge in [0.25, 0.3) is 0 Å². The molecule has 2 aromatic rings. The number of carbonyl (C=O) groups excluding carboxylic acids is 1. The number of hydrogen-bond donors (Lipinski definition) is 0. The first kappa shape index (κ1) is 15.5. The summed E-state index contributed by atoms with van der Waals surface area (Å²) in [6.07, 6.45) is 3.00. The number of pyridine rings is 1. The maximum absolute atomic E-state index is 12.1. The van der Waals surface area contributed by atoms with E-state index in [0.29, 0.717) is 31.8 Å². The lowest BCUT2D eigenvalue weighted by Crippen LogP contribution is -2.50. The van der Waals surface area contributed by atoms with E-state index >= 15 is 0 Å². The van der Waals surface area contributed by atoms with Crippen LogP contribution in [0.5, 0.6) is 0 Å². The number of carbonyl (C=O) groups is 1. The van der Waals surface area contributed by atoms with Gasteiger partial charge in [-0.25, -0.2) is 19.7 Å². The Balaban J connectivity index is 1.70. The summed E-state index contributed by atoms with van der Waals surface area (Å²) >= 11 is 0. The summed E-state index contributed by atoms with van der Waals surface area (Å²) in [6.45, 7) is 8.27. The maximum Gasteiger partial charge on any atom is 0.410 e. The minimum Gasteiger partial charge on any atom is -0.444 e. The summed E-state index contributed by atoms with van der Waals surface area (Å²) in [6, 6.07) is 3.85. The number of piperazine rings is 1. The third-order valence-corrected chi connectivity index (χ3v) is 3.62. The van der Waals surface area contributed by atoms with E-state index in [0.717, 1.165) is 11.2 Å². The molecule has 23 heavy (non-hydrogen) atoms. The minimum atomic E-state index is -0.469. The van der Waals surface area contributed by atoms with Crippen LogP contribution in [0.4, 0.5) is 10.6 Å². The molecule has 0 spiro atoms. The number of rotatable bonds is 1. The Labute approximate surface area is 135 Å². The average Bonchev–Trinajstić information content (AvgIpc) is 2.53. The standard InChI is InChI=1S/C16H21N5O2/c1-16(2,3)23-15(22)21-9-7-20(8-10-21)14-12-5-4-6-17-13(12)18-11-19-14/h4-6,11H,7-10H2,1-3H3. The van der Waals surface area contributed by atoms with Crippen molar-refractivity contribution in [3.05, 3.63) is 24.7 Å². The Morgan fingerprint density at radius 3 is 2.57 bits per heavy atom. The van der Waals surface area contributed by atoms with Gasteiger partial charge in [-0.3, -0.25) is 0 Å². The monoisotopic (exact) mass is 315 g/mol. The van der Waals surface area contributed by atoms with Crippen LogP contribution in [0.25, 0.3) is 11.0 Å². The molecule has 0 saturated carbocycles. The molecule has 0 N–H and O–H groups in total. The number of ether oxygens (including phenoxy) is 1. The number of anilines is 1. The van der Waals surface area contributed by atoms with Crippen LogP contribution in [0, 0.1) is 0 Å². The third kappa shape index (κ3) is 3.49. The zero-order valence-corrected chi connectivity index (χ0v) is 13.7. The lowest BCUT2D eigenvalue weighted by Gasteiger charge is -2.36. The number of fused-ring (bicyclic) bond motifs is 1. The van der Waals surface area contributed by atoms with Crippen LogP contribution in [0.3, 0.4) is 0 Å². The summed E-state index contributed by atoms with van der Waals surface area (Å²) in [5, 5.41) is 0.931. The lowest BCUT2D eigenvalue weighted by molar-refractivity contribution is 0.0240. The van der Waals surface area contributed by atoms with Gasteiger partial charge in [-0.1, -0.05) is 0 Å². The molecule has 3 rings (SSSR count). The van der Waals surface area contributed by atoms with Crippen molar-refractivity contribution in [1.82, 2.24) is 19.9 Å². The predicted molar refractivity (Wildman–Crippen MR) is 87.4 cm³/mol. The molecule has 7 heteroatoms. The zero-order valence-electron chi connectivity index (χ0n) is 13.7. The van der Waals surface area contributed by atoms with E-state index in [1.165, 1.54) is 6.33 Å². The first-order valence-electron chi connectivity index (χ1n) is 7.73. The van der Waals surface area contributed by atoms with Crippen LogP contribution in [-0.4, -0.2) is 57.7 Å². The fraction of sp³-hybridized carbons (Fsp3) is 0.500. The largest absolute Gasteiger partial charge is 0.444 e. The van der Waals surface area contributed by atoms with E-state index in [2.05, 4.69) is 19.9 Å². The van der Waals surface area contributed by atoms with Gasteiger partial charge in [-0.05, 0) is 32.9 Å². The Morgan fingerprint density at radius 1 is 1.13 bits per heavy atom. The molecule has 0 radical (unpaired) electrons. The normalized spacial score (nSPS) is 15.8. The summed E-state index contributed by atoms with van der Waals surface area (Å²) in [5.74, 6) is 0.868. The van der Waals surface area contributed by atoms with Crippen molar-refractivity contribution in [2.24, 2.45) is 0 Å². The maximum atomic E-state index is 12.1. The highest BCUT2D eigenvalue weighted by Gasteiger charge is 2.26. The Hall–Kier alpha value is -2.44. The quantitative estimate of drug-likeness (QED) is 0.802.